The van der Waals surface area contributed by atoms with Gasteiger partial charge in [0, 0.05) is 0 Å². The third kappa shape index (κ3) is 5.96. The van der Waals surface area contributed by atoms with Crippen molar-refractivity contribution in [2.75, 3.05) is 10.6 Å². The molecule has 1 aromatic carbocycles. The topological polar surface area (TPSA) is 79.8 Å². The van der Waals surface area contributed by atoms with Crippen LogP contribution < -0.4 is 45.1 Å². The second-order valence-corrected chi connectivity index (χ2v) is 14.1. The van der Waals surface area contributed by atoms with E-state index in [1.54, 1.807) is 30.6 Å². The first kappa shape index (κ1) is 21.6. The van der Waals surface area contributed by atoms with E-state index in [2.05, 4.69) is 68.9 Å². The second kappa shape index (κ2) is 10.6. The number of carbonyl (C=O) groups is 1. The van der Waals surface area contributed by atoms with Gasteiger partial charge >= 0.3 is 204 Å². The third-order valence-corrected chi connectivity index (χ3v) is 12.0. The van der Waals surface area contributed by atoms with Gasteiger partial charge in [0.1, 0.15) is 0 Å². The van der Waals surface area contributed by atoms with Gasteiger partial charge in [-0.25, -0.2) is 0 Å². The molecular weight excluding hydrogens is 821 g/mol. The molecule has 0 fully saturated rings. The van der Waals surface area contributed by atoms with E-state index >= 15 is 0 Å². The molecule has 2 aromatic heterocycles. The Hall–Kier alpha value is -0.0700. The number of hydrogen-bond donors (Lipinski definition) is 2. The van der Waals surface area contributed by atoms with E-state index in [0.29, 0.717) is 27.9 Å². The zero-order valence-electron chi connectivity index (χ0n) is 13.3. The van der Waals surface area contributed by atoms with Gasteiger partial charge in [-0.05, 0) is 0 Å². The number of hydrogen-bond acceptors (Lipinski definition) is 5. The van der Waals surface area contributed by atoms with Crippen LogP contribution in [0.1, 0.15) is 10.4 Å². The monoisotopic (exact) mass is 831 g/mol. The maximum absolute atomic E-state index is 12.8. The quantitative estimate of drug-likeness (QED) is 0.304. The normalized spacial score (nSPS) is 10.8. The Bertz CT molecular complexity index is 961. The van der Waals surface area contributed by atoms with Gasteiger partial charge in [0.05, 0.1) is 0 Å². The summed E-state index contributed by atoms with van der Waals surface area (Å²) in [6, 6.07) is 9.25. The van der Waals surface area contributed by atoms with Crippen molar-refractivity contribution in [2.24, 2.45) is 0 Å². The Morgan fingerprint density at radius 1 is 1.04 bits per heavy atom. The molecule has 0 aliphatic heterocycles. The van der Waals surface area contributed by atoms with E-state index < -0.39 is 0 Å². The van der Waals surface area contributed by atoms with Crippen LogP contribution in [0.25, 0.3) is 0 Å². The molecule has 0 saturated heterocycles. The molecule has 2 N–H and O–H groups in total. The molecule has 1 amide bonds. The van der Waals surface area contributed by atoms with Gasteiger partial charge in [0.25, 0.3) is 0 Å². The Morgan fingerprint density at radius 2 is 1.89 bits per heavy atom. The number of anilines is 3. The van der Waals surface area contributed by atoms with Crippen molar-refractivity contribution in [3.8, 4) is 0 Å². The molecule has 142 valence electrons. The van der Waals surface area contributed by atoms with Crippen LogP contribution >= 0.6 is 48.8 Å². The predicted octanol–water partition coefficient (Wildman–Crippen LogP) is -1.26. The maximum atomic E-state index is 12.8. The Labute approximate surface area is 201 Å². The Morgan fingerprint density at radius 3 is 2.59 bits per heavy atom. The molecule has 0 bridgehead atoms. The van der Waals surface area contributed by atoms with Crippen LogP contribution in [0.3, 0.4) is 0 Å². The van der Waals surface area contributed by atoms with E-state index in [0.717, 1.165) is 3.57 Å². The molecule has 0 radical (unpaired) electrons. The summed E-state index contributed by atoms with van der Waals surface area (Å²) in [7, 11) is 0. The minimum absolute atomic E-state index is 0.100. The molecule has 2 heterocycles. The van der Waals surface area contributed by atoms with E-state index in [1.165, 1.54) is 9.90 Å². The molecule has 0 atom stereocenters. The number of pyridine rings is 1. The van der Waals surface area contributed by atoms with Crippen molar-refractivity contribution in [1.29, 1.82) is 0 Å². The first-order valence-corrected chi connectivity index (χ1v) is 22.4. The average molecular weight is 831 g/mol. The fraction of sp³-hybridized carbons (Fsp3) is 0. The number of amides is 1. The standard InChI is InChI=1S/C16H10ClI4N5O/c17-11-5-9(20-18)6-12(21-19)15(11)16(27)25-10-1-4-23-14(7-10)26-13-2-3-22-8-24-13/h1-8H,(H2,22,23,24,25,26,27)/q-2. The summed E-state index contributed by atoms with van der Waals surface area (Å²) in [6.45, 7) is 0. The molecule has 3 rings (SSSR count). The summed E-state index contributed by atoms with van der Waals surface area (Å²) in [5, 5.41) is 6.51. The van der Waals surface area contributed by atoms with E-state index in [9.17, 15) is 4.79 Å². The van der Waals surface area contributed by atoms with Crippen molar-refractivity contribution < 1.29 is 39.3 Å². The summed E-state index contributed by atoms with van der Waals surface area (Å²) < 4.78 is 2.29. The first-order valence-electron chi connectivity index (χ1n) is 7.26. The van der Waals surface area contributed by atoms with Crippen molar-refractivity contribution in [3.63, 3.8) is 0 Å². The summed E-state index contributed by atoms with van der Waals surface area (Å²) in [4.78, 5) is 25.1. The number of nitrogens with one attached hydrogen (secondary N) is 2. The fourth-order valence-electron chi connectivity index (χ4n) is 2.12. The van der Waals surface area contributed by atoms with Crippen LogP contribution in [-0.4, -0.2) is 20.9 Å². The van der Waals surface area contributed by atoms with Crippen LogP contribution in [0.4, 0.5) is 17.3 Å². The van der Waals surface area contributed by atoms with Crippen LogP contribution in [0.2, 0.25) is 5.02 Å². The van der Waals surface area contributed by atoms with E-state index in [4.69, 9.17) is 11.6 Å². The van der Waals surface area contributed by atoms with Crippen molar-refractivity contribution in [2.45, 2.75) is 0 Å². The second-order valence-electron chi connectivity index (χ2n) is 4.99. The molecule has 0 aliphatic carbocycles. The summed E-state index contributed by atoms with van der Waals surface area (Å²) >= 11 is 10.8. The summed E-state index contributed by atoms with van der Waals surface area (Å²) in [5.41, 5.74) is 1.20. The molecule has 0 unspecified atom stereocenters. The van der Waals surface area contributed by atoms with Crippen LogP contribution in [0, 0.1) is 7.14 Å². The van der Waals surface area contributed by atoms with Crippen molar-refractivity contribution in [3.05, 3.63) is 66.8 Å². The van der Waals surface area contributed by atoms with Gasteiger partial charge in [-0.1, -0.05) is 0 Å². The number of rotatable bonds is 6. The number of halogens is 5. The third-order valence-electron chi connectivity index (χ3n) is 3.25. The van der Waals surface area contributed by atoms with Crippen molar-refractivity contribution >= 4 is 72.1 Å². The van der Waals surface area contributed by atoms with Crippen LogP contribution in [0.15, 0.2) is 49.1 Å². The molecule has 0 spiro atoms. The van der Waals surface area contributed by atoms with E-state index in [-0.39, 0.29) is 40.4 Å². The van der Waals surface area contributed by atoms with Gasteiger partial charge in [-0.2, -0.15) is 0 Å². The summed E-state index contributed by atoms with van der Waals surface area (Å²) in [6.07, 6.45) is 4.71. The number of aromatic nitrogens is 3. The zero-order chi connectivity index (χ0) is 19.2. The number of carbonyl (C=O) groups excluding carboxylic acids is 1. The van der Waals surface area contributed by atoms with Crippen LogP contribution in [-0.2, 0) is 0 Å². The molecule has 3 aromatic rings. The first-order chi connectivity index (χ1) is 13.1. The average Bonchev–Trinajstić information content (AvgIpc) is 2.68. The van der Waals surface area contributed by atoms with Crippen LogP contribution in [0.5, 0.6) is 0 Å². The molecular formula is C16H10ClI4N5O-2. The summed E-state index contributed by atoms with van der Waals surface area (Å²) in [5.74, 6) is 0.992. The number of nitrogens with zero attached hydrogens (tertiary/aromatic N) is 3. The fourth-order valence-corrected chi connectivity index (χ4v) is 9.15. The van der Waals surface area contributed by atoms with Gasteiger partial charge < -0.3 is 0 Å². The van der Waals surface area contributed by atoms with E-state index in [1.807, 2.05) is 6.07 Å². The Kier molecular flexibility index (Phi) is 8.52. The van der Waals surface area contributed by atoms with Gasteiger partial charge in [-0.3, -0.25) is 0 Å². The minimum atomic E-state index is -0.302. The van der Waals surface area contributed by atoms with Gasteiger partial charge in [0.15, 0.2) is 0 Å². The molecule has 27 heavy (non-hydrogen) atoms. The number of benzene rings is 1. The van der Waals surface area contributed by atoms with Gasteiger partial charge in [-0.15, -0.1) is 0 Å². The van der Waals surface area contributed by atoms with Gasteiger partial charge in [0.2, 0.25) is 0 Å². The molecule has 0 aliphatic rings. The predicted molar refractivity (Wildman–Crippen MR) is 114 cm³/mol. The molecule has 6 nitrogen and oxygen atoms in total. The SMILES string of the molecule is O=C(Nc1ccnc(Nc2ccncn2)c1)c1c(Cl)cc([I-]I)cc1[I-]I. The molecule has 0 saturated carbocycles. The molecule has 11 heteroatoms. The Balaban J connectivity index is 1.81. The zero-order valence-corrected chi connectivity index (χ0v) is 22.6. The van der Waals surface area contributed by atoms with Crippen molar-refractivity contribution in [1.82, 2.24) is 15.0 Å².